The zero-order valence-corrected chi connectivity index (χ0v) is 20.5. The molecular formula is C31H37P. The van der Waals surface area contributed by atoms with E-state index in [-0.39, 0.29) is 0 Å². The molecule has 3 aromatic carbocycles. The van der Waals surface area contributed by atoms with E-state index in [9.17, 15) is 0 Å². The third-order valence-corrected chi connectivity index (χ3v) is 6.52. The first kappa shape index (κ1) is 24.2. The molecule has 1 heteroatoms. The van der Waals surface area contributed by atoms with Gasteiger partial charge in [-0.25, -0.2) is 0 Å². The van der Waals surface area contributed by atoms with Crippen LogP contribution in [0.25, 0.3) is 11.1 Å². The van der Waals surface area contributed by atoms with Crippen molar-refractivity contribution in [3.05, 3.63) is 108 Å². The molecule has 0 aliphatic rings. The molecule has 0 nitrogen and oxygen atoms in total. The van der Waals surface area contributed by atoms with Crippen LogP contribution >= 0.6 is 8.86 Å². The minimum atomic E-state index is 1.07. The molecule has 0 unspecified atom stereocenters. The summed E-state index contributed by atoms with van der Waals surface area (Å²) in [7, 11) is 4.10. The maximum Gasteiger partial charge on any atom is -0.00267 e. The van der Waals surface area contributed by atoms with Crippen LogP contribution in [0.3, 0.4) is 0 Å². The summed E-state index contributed by atoms with van der Waals surface area (Å²) in [6.07, 6.45) is 11.8. The van der Waals surface area contributed by atoms with Crippen LogP contribution in [0.5, 0.6) is 0 Å². The zero-order chi connectivity index (χ0) is 22.4. The monoisotopic (exact) mass is 440 g/mol. The Morgan fingerprint density at radius 2 is 0.938 bits per heavy atom. The Balaban J connectivity index is 1.86. The maximum atomic E-state index is 4.10. The Labute approximate surface area is 197 Å². The molecule has 3 rings (SSSR count). The van der Waals surface area contributed by atoms with Gasteiger partial charge in [-0.2, -0.15) is 0 Å². The lowest BCUT2D eigenvalue weighted by Gasteiger charge is -2.19. The van der Waals surface area contributed by atoms with Crippen LogP contribution in [0.1, 0.15) is 81.4 Å². The minimum Gasteiger partial charge on any atom is -0.118 e. The van der Waals surface area contributed by atoms with Gasteiger partial charge in [-0.1, -0.05) is 143 Å². The molecule has 0 amide bonds. The molecule has 0 spiro atoms. The van der Waals surface area contributed by atoms with E-state index >= 15 is 0 Å². The second-order valence-electron chi connectivity index (χ2n) is 8.55. The van der Waals surface area contributed by atoms with Gasteiger partial charge in [-0.05, 0) is 46.0 Å². The Hall–Kier alpha value is -2.43. The number of unbranched alkanes of at least 4 members (excludes halogenated alkanes) is 7. The van der Waals surface area contributed by atoms with Crippen molar-refractivity contribution in [1.29, 1.82) is 0 Å². The fourth-order valence-electron chi connectivity index (χ4n) is 4.30. The lowest BCUT2D eigenvalue weighted by atomic mass is 9.86. The fourth-order valence-corrected chi connectivity index (χ4v) is 4.75. The van der Waals surface area contributed by atoms with Crippen LogP contribution in [0.15, 0.2) is 91.0 Å². The number of hydrogen-bond acceptors (Lipinski definition) is 0. The zero-order valence-electron chi connectivity index (χ0n) is 19.5. The highest BCUT2D eigenvalue weighted by Gasteiger charge is 2.16. The average molecular weight is 441 g/mol. The van der Waals surface area contributed by atoms with Gasteiger partial charge in [0, 0.05) is 0 Å². The van der Waals surface area contributed by atoms with Crippen LogP contribution in [-0.2, 0) is 0 Å². The number of rotatable bonds is 13. The Morgan fingerprint density at radius 1 is 0.531 bits per heavy atom. The van der Waals surface area contributed by atoms with Crippen LogP contribution in [0, 0.1) is 0 Å². The summed E-state index contributed by atoms with van der Waals surface area (Å²) >= 11 is 0. The topological polar surface area (TPSA) is 0 Å². The summed E-state index contributed by atoms with van der Waals surface area (Å²) in [5, 5.41) is 1.30. The second-order valence-corrected chi connectivity index (χ2v) is 9.16. The lowest BCUT2D eigenvalue weighted by molar-refractivity contribution is 0.580. The highest BCUT2D eigenvalue weighted by atomic mass is 31.0. The number of allylic oxidation sites excluding steroid dienone is 1. The normalized spacial score (nSPS) is 10.7. The van der Waals surface area contributed by atoms with E-state index in [0.29, 0.717) is 0 Å². The van der Waals surface area contributed by atoms with Gasteiger partial charge in [0.05, 0.1) is 0 Å². The molecule has 0 bridgehead atoms. The predicted octanol–water partition coefficient (Wildman–Crippen LogP) is 9.49. The molecule has 0 N–H and O–H groups in total. The first-order chi connectivity index (χ1) is 15.8. The van der Waals surface area contributed by atoms with E-state index in [4.69, 9.17) is 0 Å². The van der Waals surface area contributed by atoms with E-state index < -0.39 is 0 Å². The number of benzene rings is 3. The van der Waals surface area contributed by atoms with Crippen LogP contribution in [-0.4, -0.2) is 5.29 Å². The molecule has 0 atom stereocenters. The van der Waals surface area contributed by atoms with E-state index in [1.54, 1.807) is 0 Å². The highest BCUT2D eigenvalue weighted by Crippen LogP contribution is 2.35. The molecule has 0 aromatic heterocycles. The van der Waals surface area contributed by atoms with Gasteiger partial charge >= 0.3 is 0 Å². The van der Waals surface area contributed by atoms with E-state index in [2.05, 4.69) is 107 Å². The predicted molar refractivity (Wildman–Crippen MR) is 146 cm³/mol. The van der Waals surface area contributed by atoms with Crippen molar-refractivity contribution in [3.63, 3.8) is 0 Å². The molecule has 0 aliphatic carbocycles. The fraction of sp³-hybridized carbons (Fsp3) is 0.323. The van der Waals surface area contributed by atoms with Gasteiger partial charge in [0.15, 0.2) is 0 Å². The van der Waals surface area contributed by atoms with Gasteiger partial charge in [0.1, 0.15) is 0 Å². The molecule has 166 valence electrons. The first-order valence-electron chi connectivity index (χ1n) is 12.3. The lowest BCUT2D eigenvalue weighted by Crippen LogP contribution is -2.04. The Bertz CT molecular complexity index is 914. The van der Waals surface area contributed by atoms with Crippen LogP contribution in [0.2, 0.25) is 0 Å². The molecule has 0 heterocycles. The second kappa shape index (κ2) is 13.9. The van der Waals surface area contributed by atoms with Crippen molar-refractivity contribution in [1.82, 2.24) is 0 Å². The maximum absolute atomic E-state index is 4.10. The largest absolute Gasteiger partial charge is 0.118 e. The molecule has 32 heavy (non-hydrogen) atoms. The van der Waals surface area contributed by atoms with Gasteiger partial charge in [0.2, 0.25) is 0 Å². The average Bonchev–Trinajstić information content (AvgIpc) is 2.85. The highest BCUT2D eigenvalue weighted by molar-refractivity contribution is 7.24. The molecule has 3 aromatic rings. The van der Waals surface area contributed by atoms with E-state index in [1.165, 1.54) is 84.5 Å². The third-order valence-electron chi connectivity index (χ3n) is 6.02. The molecule has 0 saturated heterocycles. The van der Waals surface area contributed by atoms with Gasteiger partial charge in [-0.15, -0.1) is 8.86 Å². The van der Waals surface area contributed by atoms with Crippen LogP contribution in [0.4, 0.5) is 0 Å². The van der Waals surface area contributed by atoms with Crippen molar-refractivity contribution in [2.45, 2.75) is 64.7 Å². The Morgan fingerprint density at radius 3 is 1.41 bits per heavy atom. The smallest absolute Gasteiger partial charge is 0.00267 e. The van der Waals surface area contributed by atoms with E-state index in [1.807, 2.05) is 0 Å². The van der Waals surface area contributed by atoms with Crippen molar-refractivity contribution in [3.8, 4) is 0 Å². The van der Waals surface area contributed by atoms with E-state index in [0.717, 1.165) is 6.42 Å². The molecular weight excluding hydrogens is 403 g/mol. The summed E-state index contributed by atoms with van der Waals surface area (Å²) in [4.78, 5) is 0. The van der Waals surface area contributed by atoms with Gasteiger partial charge in [0.25, 0.3) is 0 Å². The van der Waals surface area contributed by atoms with Crippen molar-refractivity contribution in [2.75, 3.05) is 0 Å². The summed E-state index contributed by atoms with van der Waals surface area (Å²) in [6.45, 7) is 2.28. The Kier molecular flexibility index (Phi) is 10.5. The quantitative estimate of drug-likeness (QED) is 0.141. The molecule has 0 radical (unpaired) electrons. The van der Waals surface area contributed by atoms with Gasteiger partial charge in [-0.3, -0.25) is 0 Å². The minimum absolute atomic E-state index is 1.07. The molecule has 0 fully saturated rings. The van der Waals surface area contributed by atoms with Crippen molar-refractivity contribution in [2.24, 2.45) is 0 Å². The van der Waals surface area contributed by atoms with Crippen molar-refractivity contribution < 1.29 is 0 Å². The summed E-state index contributed by atoms with van der Waals surface area (Å²) in [6, 6.07) is 32.4. The number of hydrogen-bond donors (Lipinski definition) is 0. The van der Waals surface area contributed by atoms with Crippen LogP contribution < -0.4 is 0 Å². The first-order valence-corrected chi connectivity index (χ1v) is 12.8. The van der Waals surface area contributed by atoms with Gasteiger partial charge < -0.3 is 0 Å². The third kappa shape index (κ3) is 7.32. The SMILES string of the molecule is CCCCCCCCCCC(=P)C(=C(c1ccccc1)c1ccccc1)c1ccccc1. The van der Waals surface area contributed by atoms with Crippen molar-refractivity contribution >= 4 is 25.3 Å². The standard InChI is InChI=1S/C31H37P/c1-2-3-4-5-6-7-8-18-25-29(32)31(28-23-16-11-17-24-28)30(26-19-12-9-13-20-26)27-21-14-10-15-22-27/h9-17,19-24,32H,2-8,18,25H2,1H3. The summed E-state index contributed by atoms with van der Waals surface area (Å²) in [5.41, 5.74) is 6.37. The molecule has 0 aliphatic heterocycles. The summed E-state index contributed by atoms with van der Waals surface area (Å²) < 4.78 is 0. The summed E-state index contributed by atoms with van der Waals surface area (Å²) in [5.74, 6) is 0. The molecule has 0 saturated carbocycles.